The summed E-state index contributed by atoms with van der Waals surface area (Å²) in [6, 6.07) is 6.33. The lowest BCUT2D eigenvalue weighted by atomic mass is 9.87. The number of nitro benzene ring substituents is 1. The van der Waals surface area contributed by atoms with Crippen molar-refractivity contribution in [1.29, 1.82) is 0 Å². The van der Waals surface area contributed by atoms with Gasteiger partial charge in [-0.3, -0.25) is 10.1 Å². The van der Waals surface area contributed by atoms with Crippen molar-refractivity contribution in [3.8, 4) is 0 Å². The van der Waals surface area contributed by atoms with Crippen LogP contribution >= 0.6 is 0 Å². The van der Waals surface area contributed by atoms with Gasteiger partial charge in [0.1, 0.15) is 5.60 Å². The Morgan fingerprint density at radius 1 is 1.17 bits per heavy atom. The van der Waals surface area contributed by atoms with E-state index in [0.29, 0.717) is 5.56 Å². The largest absolute Gasteiger partial charge is 0.444 e. The summed E-state index contributed by atoms with van der Waals surface area (Å²) in [5.41, 5.74) is 0.120. The van der Waals surface area contributed by atoms with E-state index in [-0.39, 0.29) is 17.6 Å². The van der Waals surface area contributed by atoms with Gasteiger partial charge in [0.15, 0.2) is 0 Å². The Bertz CT molecular complexity index is 577. The molecule has 0 aliphatic heterocycles. The Hall–Kier alpha value is -2.11. The SMILES string of the molecule is CC(C)(C)CCCC(C)(C)OC(=O)NCc1ccccc1[N+](=O)[O-]. The van der Waals surface area contributed by atoms with Gasteiger partial charge in [0.05, 0.1) is 11.5 Å². The van der Waals surface area contributed by atoms with Gasteiger partial charge in [-0.05, 0) is 38.5 Å². The van der Waals surface area contributed by atoms with Gasteiger partial charge in [-0.25, -0.2) is 4.79 Å². The lowest BCUT2D eigenvalue weighted by molar-refractivity contribution is -0.385. The number of hydrogen-bond donors (Lipinski definition) is 1. The first-order valence-corrected chi connectivity index (χ1v) is 8.19. The molecule has 6 nitrogen and oxygen atoms in total. The van der Waals surface area contributed by atoms with Crippen LogP contribution in [0.1, 0.15) is 59.4 Å². The number of nitrogens with one attached hydrogen (secondary N) is 1. The minimum absolute atomic E-state index is 0.0118. The monoisotopic (exact) mass is 336 g/mol. The van der Waals surface area contributed by atoms with Gasteiger partial charge in [-0.1, -0.05) is 39.0 Å². The van der Waals surface area contributed by atoms with Gasteiger partial charge in [-0.15, -0.1) is 0 Å². The van der Waals surface area contributed by atoms with E-state index in [4.69, 9.17) is 4.74 Å². The second kappa shape index (κ2) is 8.13. The van der Waals surface area contributed by atoms with Gasteiger partial charge >= 0.3 is 6.09 Å². The standard InChI is InChI=1S/C18H28N2O4/c1-17(2,3)11-8-12-18(4,5)24-16(21)19-13-14-9-6-7-10-15(14)20(22)23/h6-7,9-10H,8,11-13H2,1-5H3,(H,19,21). The van der Waals surface area contributed by atoms with Crippen LogP contribution in [-0.2, 0) is 11.3 Å². The van der Waals surface area contributed by atoms with Gasteiger partial charge in [-0.2, -0.15) is 0 Å². The Morgan fingerprint density at radius 3 is 2.38 bits per heavy atom. The van der Waals surface area contributed by atoms with Crippen molar-refractivity contribution < 1.29 is 14.5 Å². The Morgan fingerprint density at radius 2 is 1.79 bits per heavy atom. The predicted octanol–water partition coefficient (Wildman–Crippen LogP) is 4.82. The van der Waals surface area contributed by atoms with Crippen molar-refractivity contribution in [3.63, 3.8) is 0 Å². The minimum Gasteiger partial charge on any atom is -0.444 e. The van der Waals surface area contributed by atoms with Crippen LogP contribution in [0.3, 0.4) is 0 Å². The third-order valence-electron chi connectivity index (χ3n) is 3.69. The highest BCUT2D eigenvalue weighted by Crippen LogP contribution is 2.26. The van der Waals surface area contributed by atoms with E-state index in [1.165, 1.54) is 6.07 Å². The zero-order valence-electron chi connectivity index (χ0n) is 15.2. The molecule has 134 valence electrons. The summed E-state index contributed by atoms with van der Waals surface area (Å²) in [6.07, 6.45) is 2.23. The number of rotatable bonds is 7. The predicted molar refractivity (Wildman–Crippen MR) is 93.8 cm³/mol. The maximum absolute atomic E-state index is 12.0. The van der Waals surface area contributed by atoms with Crippen molar-refractivity contribution in [2.45, 2.75) is 66.0 Å². The fourth-order valence-corrected chi connectivity index (χ4v) is 2.39. The molecular formula is C18H28N2O4. The second-order valence-corrected chi connectivity index (χ2v) is 7.80. The van der Waals surface area contributed by atoms with Crippen molar-refractivity contribution in [2.75, 3.05) is 0 Å². The average Bonchev–Trinajstić information content (AvgIpc) is 2.43. The molecule has 0 aliphatic carbocycles. The number of carbonyl (C=O) groups excluding carboxylic acids is 1. The minimum atomic E-state index is -0.571. The number of ether oxygens (including phenoxy) is 1. The van der Waals surface area contributed by atoms with E-state index in [9.17, 15) is 14.9 Å². The number of benzene rings is 1. The molecule has 0 bridgehead atoms. The number of carbonyl (C=O) groups is 1. The zero-order valence-corrected chi connectivity index (χ0v) is 15.2. The van der Waals surface area contributed by atoms with Gasteiger partial charge in [0, 0.05) is 11.6 Å². The maximum Gasteiger partial charge on any atom is 0.407 e. The normalized spacial score (nSPS) is 11.9. The van der Waals surface area contributed by atoms with Crippen LogP contribution in [0.15, 0.2) is 24.3 Å². The summed E-state index contributed by atoms with van der Waals surface area (Å²) >= 11 is 0. The van der Waals surface area contributed by atoms with E-state index < -0.39 is 16.6 Å². The summed E-state index contributed by atoms with van der Waals surface area (Å²) in [5.74, 6) is 0. The third-order valence-corrected chi connectivity index (χ3v) is 3.69. The molecule has 1 aromatic rings. The number of alkyl carbamates (subject to hydrolysis) is 1. The molecule has 0 atom stereocenters. The smallest absolute Gasteiger partial charge is 0.407 e. The molecule has 0 fully saturated rings. The Balaban J connectivity index is 2.50. The molecule has 0 aromatic heterocycles. The van der Waals surface area contributed by atoms with Gasteiger partial charge in [0.2, 0.25) is 0 Å². The maximum atomic E-state index is 12.0. The molecule has 0 unspecified atom stereocenters. The Labute approximate surface area is 143 Å². The van der Waals surface area contributed by atoms with Crippen LogP contribution in [0.5, 0.6) is 0 Å². The van der Waals surface area contributed by atoms with E-state index >= 15 is 0 Å². The second-order valence-electron chi connectivity index (χ2n) is 7.80. The van der Waals surface area contributed by atoms with Crippen molar-refractivity contribution >= 4 is 11.8 Å². The highest BCUT2D eigenvalue weighted by Gasteiger charge is 2.24. The summed E-state index contributed by atoms with van der Waals surface area (Å²) in [5, 5.41) is 13.5. The molecule has 0 spiro atoms. The van der Waals surface area contributed by atoms with Crippen LogP contribution in [0.2, 0.25) is 0 Å². The number of nitro groups is 1. The van der Waals surface area contributed by atoms with Crippen molar-refractivity contribution in [3.05, 3.63) is 39.9 Å². The van der Waals surface area contributed by atoms with E-state index in [1.807, 2.05) is 13.8 Å². The van der Waals surface area contributed by atoms with E-state index in [0.717, 1.165) is 19.3 Å². The van der Waals surface area contributed by atoms with Crippen LogP contribution in [0, 0.1) is 15.5 Å². The molecule has 24 heavy (non-hydrogen) atoms. The summed E-state index contributed by atoms with van der Waals surface area (Å²) in [7, 11) is 0. The number of para-hydroxylation sites is 1. The lowest BCUT2D eigenvalue weighted by Crippen LogP contribution is -2.34. The first-order chi connectivity index (χ1) is 11.0. The molecule has 1 rings (SSSR count). The summed E-state index contributed by atoms with van der Waals surface area (Å²) in [4.78, 5) is 22.5. The summed E-state index contributed by atoms with van der Waals surface area (Å²) < 4.78 is 5.45. The van der Waals surface area contributed by atoms with Crippen LogP contribution < -0.4 is 5.32 Å². The molecule has 6 heteroatoms. The van der Waals surface area contributed by atoms with Gasteiger partial charge in [0.25, 0.3) is 5.69 Å². The fourth-order valence-electron chi connectivity index (χ4n) is 2.39. The van der Waals surface area contributed by atoms with Crippen LogP contribution in [0.4, 0.5) is 10.5 Å². The number of amides is 1. The first-order valence-electron chi connectivity index (χ1n) is 8.19. The first kappa shape index (κ1) is 19.9. The lowest BCUT2D eigenvalue weighted by Gasteiger charge is -2.27. The fraction of sp³-hybridized carbons (Fsp3) is 0.611. The molecule has 0 aliphatic rings. The third kappa shape index (κ3) is 7.44. The zero-order chi connectivity index (χ0) is 18.4. The van der Waals surface area contributed by atoms with Gasteiger partial charge < -0.3 is 10.1 Å². The quantitative estimate of drug-likeness (QED) is 0.572. The summed E-state index contributed by atoms with van der Waals surface area (Å²) in [6.45, 7) is 10.4. The van der Waals surface area contributed by atoms with Crippen molar-refractivity contribution in [2.24, 2.45) is 5.41 Å². The topological polar surface area (TPSA) is 81.5 Å². The van der Waals surface area contributed by atoms with Crippen LogP contribution in [0.25, 0.3) is 0 Å². The highest BCUT2D eigenvalue weighted by atomic mass is 16.6. The molecule has 1 N–H and O–H groups in total. The molecule has 0 radical (unpaired) electrons. The molecule has 1 aromatic carbocycles. The molecule has 0 saturated heterocycles. The van der Waals surface area contributed by atoms with E-state index in [1.54, 1.807) is 18.2 Å². The van der Waals surface area contributed by atoms with Crippen LogP contribution in [-0.4, -0.2) is 16.6 Å². The Kier molecular flexibility index (Phi) is 6.75. The van der Waals surface area contributed by atoms with E-state index in [2.05, 4.69) is 26.1 Å². The number of hydrogen-bond acceptors (Lipinski definition) is 4. The van der Waals surface area contributed by atoms with Crippen molar-refractivity contribution in [1.82, 2.24) is 5.32 Å². The average molecular weight is 336 g/mol. The number of nitrogens with zero attached hydrogens (tertiary/aromatic N) is 1. The molecule has 1 amide bonds. The molecular weight excluding hydrogens is 308 g/mol. The molecule has 0 heterocycles. The molecule has 0 saturated carbocycles. The highest BCUT2D eigenvalue weighted by molar-refractivity contribution is 5.68.